The third kappa shape index (κ3) is 2.36. The summed E-state index contributed by atoms with van der Waals surface area (Å²) in [5.74, 6) is -0.435. The number of methoxy groups -OCH3 is 1. The molecule has 0 bridgehead atoms. The van der Waals surface area contributed by atoms with Crippen LogP contribution in [0.5, 0.6) is 0 Å². The minimum Gasteiger partial charge on any atom is -0.466 e. The van der Waals surface area contributed by atoms with Crippen molar-refractivity contribution in [3.63, 3.8) is 0 Å². The molecule has 0 saturated carbocycles. The quantitative estimate of drug-likeness (QED) is 0.838. The molecule has 2 rings (SSSR count). The molecular formula is C14H18N3O3+. The van der Waals surface area contributed by atoms with Gasteiger partial charge in [-0.3, -0.25) is 4.90 Å². The Hall–Kier alpha value is -2.37. The Morgan fingerprint density at radius 2 is 2.30 bits per heavy atom. The van der Waals surface area contributed by atoms with Gasteiger partial charge in [0.2, 0.25) is 0 Å². The van der Waals surface area contributed by atoms with Crippen LogP contribution < -0.4 is 10.3 Å². The van der Waals surface area contributed by atoms with Crippen LogP contribution in [0.3, 0.4) is 0 Å². The van der Waals surface area contributed by atoms with Gasteiger partial charge in [0.15, 0.2) is 12.4 Å². The maximum absolute atomic E-state index is 12.1. The van der Waals surface area contributed by atoms with Crippen LogP contribution in [-0.4, -0.2) is 30.6 Å². The molecule has 6 heteroatoms. The van der Waals surface area contributed by atoms with Crippen molar-refractivity contribution in [3.05, 3.63) is 41.4 Å². The lowest BCUT2D eigenvalue weighted by Gasteiger charge is -2.34. The molecule has 0 aromatic carbocycles. The number of H-pyrrole nitrogens is 1. The van der Waals surface area contributed by atoms with Gasteiger partial charge in [-0.2, -0.15) is 0 Å². The summed E-state index contributed by atoms with van der Waals surface area (Å²) in [5.41, 5.74) is 1.88. The molecule has 0 aliphatic carbocycles. The number of carbonyl (C=O) groups is 2. The van der Waals surface area contributed by atoms with Crippen molar-refractivity contribution in [1.29, 1.82) is 0 Å². The summed E-state index contributed by atoms with van der Waals surface area (Å²) in [6.45, 7) is 4.11. The summed E-state index contributed by atoms with van der Waals surface area (Å²) in [7, 11) is 1.34. The van der Waals surface area contributed by atoms with Crippen molar-refractivity contribution in [2.45, 2.75) is 19.9 Å². The van der Waals surface area contributed by atoms with Gasteiger partial charge < -0.3 is 10.1 Å². The Morgan fingerprint density at radius 3 is 2.85 bits per heavy atom. The lowest BCUT2D eigenvalue weighted by molar-refractivity contribution is -0.378. The van der Waals surface area contributed by atoms with Crippen molar-refractivity contribution in [2.75, 3.05) is 13.7 Å². The van der Waals surface area contributed by atoms with Crippen LogP contribution in [0.25, 0.3) is 0 Å². The number of urea groups is 1. The molecule has 2 N–H and O–H groups in total. The third-order valence-electron chi connectivity index (χ3n) is 3.38. The van der Waals surface area contributed by atoms with Gasteiger partial charge in [-0.1, -0.05) is 0 Å². The molecule has 1 aliphatic heterocycles. The van der Waals surface area contributed by atoms with E-state index in [1.54, 1.807) is 19.3 Å². The summed E-state index contributed by atoms with van der Waals surface area (Å²) in [4.78, 5) is 28.6. The number of rotatable bonds is 3. The highest BCUT2D eigenvalue weighted by molar-refractivity contribution is 5.94. The first-order valence-electron chi connectivity index (χ1n) is 6.43. The van der Waals surface area contributed by atoms with E-state index in [1.165, 1.54) is 12.0 Å². The van der Waals surface area contributed by atoms with E-state index in [9.17, 15) is 9.59 Å². The second-order valence-corrected chi connectivity index (χ2v) is 4.45. The van der Waals surface area contributed by atoms with Crippen molar-refractivity contribution < 1.29 is 19.3 Å². The van der Waals surface area contributed by atoms with Crippen LogP contribution in [0.4, 0.5) is 4.79 Å². The minimum absolute atomic E-state index is 0.216. The zero-order valence-corrected chi connectivity index (χ0v) is 11.8. The molecule has 2 amide bonds. The number of ether oxygens (including phenoxy) is 1. The fourth-order valence-corrected chi connectivity index (χ4v) is 2.37. The van der Waals surface area contributed by atoms with Crippen LogP contribution in [0, 0.1) is 0 Å². The van der Waals surface area contributed by atoms with E-state index in [2.05, 4.69) is 10.3 Å². The molecule has 20 heavy (non-hydrogen) atoms. The van der Waals surface area contributed by atoms with Crippen molar-refractivity contribution >= 4 is 12.0 Å². The molecule has 1 unspecified atom stereocenters. The molecule has 2 heterocycles. The standard InChI is InChI=1S/C14H17N3O3/c1-4-17-9(2)11(13(18)20-3)12(16-14(17)19)10-6-5-7-15-8-10/h5-8,12H,4H2,1-3H3,(H,16,19)/p+1. The van der Waals surface area contributed by atoms with E-state index in [0.717, 1.165) is 5.56 Å². The van der Waals surface area contributed by atoms with Gasteiger partial charge >= 0.3 is 12.0 Å². The van der Waals surface area contributed by atoms with Crippen LogP contribution in [-0.2, 0) is 9.53 Å². The van der Waals surface area contributed by atoms with E-state index in [1.807, 2.05) is 19.1 Å². The smallest absolute Gasteiger partial charge is 0.337 e. The summed E-state index contributed by atoms with van der Waals surface area (Å²) in [6.07, 6.45) is 3.52. The maximum atomic E-state index is 12.1. The number of amides is 2. The predicted molar refractivity (Wildman–Crippen MR) is 71.4 cm³/mol. The third-order valence-corrected chi connectivity index (χ3v) is 3.38. The summed E-state index contributed by atoms with van der Waals surface area (Å²) < 4.78 is 4.85. The highest BCUT2D eigenvalue weighted by Gasteiger charge is 2.36. The molecule has 6 nitrogen and oxygen atoms in total. The number of aromatic amines is 1. The molecule has 0 spiro atoms. The summed E-state index contributed by atoms with van der Waals surface area (Å²) >= 11 is 0. The lowest BCUT2D eigenvalue weighted by atomic mass is 9.96. The molecule has 0 saturated heterocycles. The Morgan fingerprint density at radius 1 is 1.55 bits per heavy atom. The second-order valence-electron chi connectivity index (χ2n) is 4.45. The lowest BCUT2D eigenvalue weighted by Crippen LogP contribution is -2.48. The van der Waals surface area contributed by atoms with Crippen LogP contribution in [0.15, 0.2) is 35.8 Å². The molecule has 1 aromatic rings. The van der Waals surface area contributed by atoms with Crippen LogP contribution in [0.1, 0.15) is 25.5 Å². The van der Waals surface area contributed by atoms with Gasteiger partial charge in [-0.25, -0.2) is 14.6 Å². The number of nitrogens with zero attached hydrogens (tertiary/aromatic N) is 1. The monoisotopic (exact) mass is 276 g/mol. The predicted octanol–water partition coefficient (Wildman–Crippen LogP) is 1.03. The number of hydrogen-bond acceptors (Lipinski definition) is 3. The highest BCUT2D eigenvalue weighted by atomic mass is 16.5. The number of allylic oxidation sites excluding steroid dienone is 1. The van der Waals surface area contributed by atoms with E-state index in [4.69, 9.17) is 4.74 Å². The minimum atomic E-state index is -0.504. The Balaban J connectivity index is 2.53. The molecule has 0 radical (unpaired) electrons. The normalized spacial score (nSPS) is 18.9. The van der Waals surface area contributed by atoms with Gasteiger partial charge in [0.1, 0.15) is 0 Å². The number of carbonyl (C=O) groups excluding carboxylic acids is 2. The van der Waals surface area contributed by atoms with Gasteiger partial charge in [-0.05, 0) is 19.9 Å². The molecule has 1 aliphatic rings. The maximum Gasteiger partial charge on any atom is 0.337 e. The average molecular weight is 276 g/mol. The SMILES string of the molecule is CCN1C(=O)NC(c2ccc[nH+]c2)C(C(=O)OC)=C1C. The van der Waals surface area contributed by atoms with Crippen molar-refractivity contribution in [3.8, 4) is 0 Å². The highest BCUT2D eigenvalue weighted by Crippen LogP contribution is 2.30. The topological polar surface area (TPSA) is 72.8 Å². The largest absolute Gasteiger partial charge is 0.466 e. The van der Waals surface area contributed by atoms with E-state index in [-0.39, 0.29) is 6.03 Å². The first kappa shape index (κ1) is 14.0. The van der Waals surface area contributed by atoms with Gasteiger partial charge in [0, 0.05) is 23.9 Å². The number of aromatic nitrogens is 1. The van der Waals surface area contributed by atoms with Crippen LogP contribution in [0.2, 0.25) is 0 Å². The fraction of sp³-hybridized carbons (Fsp3) is 0.357. The zero-order chi connectivity index (χ0) is 14.7. The van der Waals surface area contributed by atoms with Crippen molar-refractivity contribution in [2.24, 2.45) is 0 Å². The Kier molecular flexibility index (Phi) is 4.02. The fourth-order valence-electron chi connectivity index (χ4n) is 2.37. The summed E-state index contributed by atoms with van der Waals surface area (Å²) in [5, 5.41) is 2.84. The Labute approximate surface area is 117 Å². The van der Waals surface area contributed by atoms with Crippen molar-refractivity contribution in [1.82, 2.24) is 10.2 Å². The summed E-state index contributed by atoms with van der Waals surface area (Å²) in [6, 6.07) is 2.94. The first-order valence-corrected chi connectivity index (χ1v) is 6.43. The van der Waals surface area contributed by atoms with Gasteiger partial charge in [0.05, 0.1) is 18.7 Å². The number of nitrogens with one attached hydrogen (secondary N) is 2. The second kappa shape index (κ2) is 5.73. The molecule has 106 valence electrons. The molecule has 0 fully saturated rings. The van der Waals surface area contributed by atoms with E-state index < -0.39 is 12.0 Å². The number of esters is 1. The molecular weight excluding hydrogens is 258 g/mol. The Bertz CT molecular complexity index is 554. The molecule has 1 aromatic heterocycles. The van der Waals surface area contributed by atoms with Crippen LogP contribution >= 0.6 is 0 Å². The van der Waals surface area contributed by atoms with Gasteiger partial charge in [0.25, 0.3) is 0 Å². The van der Waals surface area contributed by atoms with E-state index >= 15 is 0 Å². The molecule has 1 atom stereocenters. The number of pyridine rings is 1. The van der Waals surface area contributed by atoms with Gasteiger partial charge in [-0.15, -0.1) is 0 Å². The zero-order valence-electron chi connectivity index (χ0n) is 11.8. The number of hydrogen-bond donors (Lipinski definition) is 1. The first-order chi connectivity index (χ1) is 9.60. The van der Waals surface area contributed by atoms with E-state index in [0.29, 0.717) is 17.8 Å². The average Bonchev–Trinajstić information content (AvgIpc) is 2.47.